The second-order valence-corrected chi connectivity index (χ2v) is 5.15. The largest absolute Gasteiger partial charge is 0.493 e. The molecule has 2 heterocycles. The number of rotatable bonds is 4. The maximum Gasteiger partial charge on any atom is 0.162 e. The molecule has 0 bridgehead atoms. The third-order valence-electron chi connectivity index (χ3n) is 3.03. The molecule has 0 fully saturated rings. The van der Waals surface area contributed by atoms with Crippen LogP contribution in [0.25, 0.3) is 16.8 Å². The van der Waals surface area contributed by atoms with Crippen LogP contribution in [0.5, 0.6) is 5.75 Å². The average molecular weight is 267 g/mol. The van der Waals surface area contributed by atoms with E-state index in [0.29, 0.717) is 12.5 Å². The highest BCUT2D eigenvalue weighted by Gasteiger charge is 2.12. The van der Waals surface area contributed by atoms with E-state index < -0.39 is 0 Å². The summed E-state index contributed by atoms with van der Waals surface area (Å²) >= 11 is 0. The van der Waals surface area contributed by atoms with E-state index in [1.807, 2.05) is 42.7 Å². The normalized spacial score (nSPS) is 11.2. The molecule has 0 saturated heterocycles. The van der Waals surface area contributed by atoms with Gasteiger partial charge in [-0.25, -0.2) is 9.50 Å². The second kappa shape index (κ2) is 5.33. The third kappa shape index (κ3) is 2.37. The number of hydrogen-bond donors (Lipinski definition) is 0. The number of ether oxygens (including phenoxy) is 1. The van der Waals surface area contributed by atoms with Crippen LogP contribution in [0.2, 0.25) is 0 Å². The minimum Gasteiger partial charge on any atom is -0.493 e. The smallest absolute Gasteiger partial charge is 0.162 e. The number of para-hydroxylation sites is 1. The summed E-state index contributed by atoms with van der Waals surface area (Å²) in [5.74, 6) is 1.37. The van der Waals surface area contributed by atoms with Gasteiger partial charge < -0.3 is 4.74 Å². The summed E-state index contributed by atoms with van der Waals surface area (Å²) in [5.41, 5.74) is 2.86. The third-order valence-corrected chi connectivity index (χ3v) is 3.03. The summed E-state index contributed by atoms with van der Waals surface area (Å²) in [4.78, 5) is 4.40. The first-order chi connectivity index (χ1) is 9.75. The molecule has 3 aromatic rings. The molecule has 0 unspecified atom stereocenters. The van der Waals surface area contributed by atoms with Gasteiger partial charge in [-0.1, -0.05) is 32.0 Å². The molecule has 1 aromatic carbocycles. The van der Waals surface area contributed by atoms with E-state index >= 15 is 0 Å². The molecular weight excluding hydrogens is 250 g/mol. The van der Waals surface area contributed by atoms with E-state index in [-0.39, 0.29) is 0 Å². The first-order valence-electron chi connectivity index (χ1n) is 6.76. The van der Waals surface area contributed by atoms with Crippen LogP contribution in [0.3, 0.4) is 0 Å². The number of hydrogen-bond acceptors (Lipinski definition) is 3. The van der Waals surface area contributed by atoms with Crippen molar-refractivity contribution in [3.8, 4) is 16.9 Å². The van der Waals surface area contributed by atoms with Crippen LogP contribution in [0.4, 0.5) is 0 Å². The van der Waals surface area contributed by atoms with Crippen LogP contribution in [-0.2, 0) is 0 Å². The maximum absolute atomic E-state index is 5.91. The fourth-order valence-electron chi connectivity index (χ4n) is 2.09. The van der Waals surface area contributed by atoms with Crippen LogP contribution < -0.4 is 4.74 Å². The molecule has 0 spiro atoms. The molecule has 0 saturated carbocycles. The lowest BCUT2D eigenvalue weighted by atomic mass is 10.1. The van der Waals surface area contributed by atoms with E-state index in [4.69, 9.17) is 4.74 Å². The Bertz CT molecular complexity index is 718. The van der Waals surface area contributed by atoms with Crippen molar-refractivity contribution in [2.45, 2.75) is 13.8 Å². The molecular formula is C16H17N3O. The van der Waals surface area contributed by atoms with Gasteiger partial charge in [0.1, 0.15) is 5.75 Å². The van der Waals surface area contributed by atoms with Gasteiger partial charge in [0.2, 0.25) is 0 Å². The van der Waals surface area contributed by atoms with Crippen molar-refractivity contribution < 1.29 is 4.74 Å². The molecule has 0 aliphatic rings. The van der Waals surface area contributed by atoms with Crippen molar-refractivity contribution >= 4 is 5.65 Å². The number of fused-ring (bicyclic) bond motifs is 1. The number of nitrogens with zero attached hydrogens (tertiary/aromatic N) is 3. The van der Waals surface area contributed by atoms with Gasteiger partial charge in [0.05, 0.1) is 18.4 Å². The lowest BCUT2D eigenvalue weighted by Crippen LogP contribution is -2.05. The number of aromatic nitrogens is 3. The standard InChI is InChI=1S/C16H17N3O/c1-12(2)11-20-15-7-4-3-6-13(15)14-10-18-19-9-5-8-17-16(14)19/h3-10,12H,11H2,1-2H3. The van der Waals surface area contributed by atoms with E-state index in [2.05, 4.69) is 23.9 Å². The molecule has 0 atom stereocenters. The van der Waals surface area contributed by atoms with E-state index in [9.17, 15) is 0 Å². The predicted molar refractivity (Wildman–Crippen MR) is 78.8 cm³/mol. The van der Waals surface area contributed by atoms with Gasteiger partial charge >= 0.3 is 0 Å². The van der Waals surface area contributed by atoms with Gasteiger partial charge in [-0.15, -0.1) is 0 Å². The van der Waals surface area contributed by atoms with Crippen LogP contribution in [0, 0.1) is 5.92 Å². The molecule has 2 aromatic heterocycles. The lowest BCUT2D eigenvalue weighted by molar-refractivity contribution is 0.272. The Kier molecular flexibility index (Phi) is 3.37. The van der Waals surface area contributed by atoms with Crippen molar-refractivity contribution in [1.82, 2.24) is 14.6 Å². The van der Waals surface area contributed by atoms with Crippen LogP contribution in [0.1, 0.15) is 13.8 Å². The summed E-state index contributed by atoms with van der Waals surface area (Å²) in [6.07, 6.45) is 5.50. The molecule has 3 rings (SSSR count). The van der Waals surface area contributed by atoms with Crippen LogP contribution in [0.15, 0.2) is 48.9 Å². The number of benzene rings is 1. The topological polar surface area (TPSA) is 39.4 Å². The highest BCUT2D eigenvalue weighted by atomic mass is 16.5. The Balaban J connectivity index is 2.05. The first-order valence-corrected chi connectivity index (χ1v) is 6.76. The summed E-state index contributed by atoms with van der Waals surface area (Å²) in [6, 6.07) is 9.89. The van der Waals surface area contributed by atoms with Crippen molar-refractivity contribution in [3.05, 3.63) is 48.9 Å². The maximum atomic E-state index is 5.91. The highest BCUT2D eigenvalue weighted by molar-refractivity contribution is 5.80. The van der Waals surface area contributed by atoms with Crippen molar-refractivity contribution in [1.29, 1.82) is 0 Å². The molecule has 20 heavy (non-hydrogen) atoms. The van der Waals surface area contributed by atoms with Gasteiger partial charge in [-0.2, -0.15) is 5.10 Å². The molecule has 0 N–H and O–H groups in total. The summed E-state index contributed by atoms with van der Waals surface area (Å²) in [5, 5.41) is 4.33. The molecule has 4 nitrogen and oxygen atoms in total. The van der Waals surface area contributed by atoms with Gasteiger partial charge in [-0.05, 0) is 18.1 Å². The summed E-state index contributed by atoms with van der Waals surface area (Å²) in [6.45, 7) is 4.97. The summed E-state index contributed by atoms with van der Waals surface area (Å²) < 4.78 is 7.68. The van der Waals surface area contributed by atoms with Gasteiger partial charge in [0, 0.05) is 18.0 Å². The Morgan fingerprint density at radius 3 is 2.85 bits per heavy atom. The zero-order chi connectivity index (χ0) is 13.9. The van der Waals surface area contributed by atoms with Gasteiger partial charge in [0.15, 0.2) is 5.65 Å². The molecule has 4 heteroatoms. The summed E-state index contributed by atoms with van der Waals surface area (Å²) in [7, 11) is 0. The Morgan fingerprint density at radius 1 is 1.15 bits per heavy atom. The highest BCUT2D eigenvalue weighted by Crippen LogP contribution is 2.32. The van der Waals surface area contributed by atoms with E-state index in [1.54, 1.807) is 10.7 Å². The fourth-order valence-corrected chi connectivity index (χ4v) is 2.09. The Morgan fingerprint density at radius 2 is 2.00 bits per heavy atom. The molecule has 102 valence electrons. The van der Waals surface area contributed by atoms with Crippen LogP contribution in [-0.4, -0.2) is 21.2 Å². The first kappa shape index (κ1) is 12.7. The van der Waals surface area contributed by atoms with Crippen molar-refractivity contribution in [2.24, 2.45) is 5.92 Å². The minimum atomic E-state index is 0.491. The van der Waals surface area contributed by atoms with Crippen molar-refractivity contribution in [2.75, 3.05) is 6.61 Å². The second-order valence-electron chi connectivity index (χ2n) is 5.15. The monoisotopic (exact) mass is 267 g/mol. The van der Waals surface area contributed by atoms with E-state index in [1.165, 1.54) is 0 Å². The quantitative estimate of drug-likeness (QED) is 0.727. The Hall–Kier alpha value is -2.36. The van der Waals surface area contributed by atoms with E-state index in [0.717, 1.165) is 22.5 Å². The molecule has 0 radical (unpaired) electrons. The SMILES string of the molecule is CC(C)COc1ccccc1-c1cnn2cccnc12. The molecule has 0 aliphatic heterocycles. The zero-order valence-corrected chi connectivity index (χ0v) is 11.7. The average Bonchev–Trinajstić information content (AvgIpc) is 2.89. The van der Waals surface area contributed by atoms with Crippen LogP contribution >= 0.6 is 0 Å². The minimum absolute atomic E-state index is 0.491. The lowest BCUT2D eigenvalue weighted by Gasteiger charge is -2.12. The van der Waals surface area contributed by atoms with Crippen molar-refractivity contribution in [3.63, 3.8) is 0 Å². The van der Waals surface area contributed by atoms with Gasteiger partial charge in [0.25, 0.3) is 0 Å². The van der Waals surface area contributed by atoms with Gasteiger partial charge in [-0.3, -0.25) is 0 Å². The molecule has 0 aliphatic carbocycles. The predicted octanol–water partition coefficient (Wildman–Crippen LogP) is 3.43. The Labute approximate surface area is 118 Å². The zero-order valence-electron chi connectivity index (χ0n) is 11.7. The molecule has 0 amide bonds. The fraction of sp³-hybridized carbons (Fsp3) is 0.250.